The van der Waals surface area contributed by atoms with Crippen molar-refractivity contribution in [3.05, 3.63) is 46.9 Å². The number of hydrogen-bond donors (Lipinski definition) is 3. The molecular formula is C24H28F3N3O5S. The van der Waals surface area contributed by atoms with Gasteiger partial charge >= 0.3 is 6.30 Å². The molecule has 36 heavy (non-hydrogen) atoms. The molecular weight excluding hydrogens is 499 g/mol. The van der Waals surface area contributed by atoms with E-state index in [-0.39, 0.29) is 38.2 Å². The fourth-order valence-corrected chi connectivity index (χ4v) is 5.57. The first-order chi connectivity index (χ1) is 16.9. The second kappa shape index (κ2) is 11.1. The summed E-state index contributed by atoms with van der Waals surface area (Å²) >= 11 is 0. The first kappa shape index (κ1) is 27.9. The number of aliphatic hydroxyl groups is 3. The van der Waals surface area contributed by atoms with Crippen molar-refractivity contribution in [3.63, 3.8) is 0 Å². The maximum Gasteiger partial charge on any atom is 0.460 e. The predicted octanol–water partition coefficient (Wildman–Crippen LogP) is 2.26. The number of fused-ring (bicyclic) bond motifs is 1. The molecule has 1 aliphatic rings. The number of halogens is 3. The molecule has 0 saturated carbocycles. The van der Waals surface area contributed by atoms with Gasteiger partial charge in [0.2, 0.25) is 0 Å². The third-order valence-corrected chi connectivity index (χ3v) is 8.12. The Morgan fingerprint density at radius 3 is 2.25 bits per heavy atom. The second-order valence-corrected chi connectivity index (χ2v) is 10.7. The predicted molar refractivity (Wildman–Crippen MR) is 129 cm³/mol. The van der Waals surface area contributed by atoms with Crippen LogP contribution >= 0.6 is 0 Å². The van der Waals surface area contributed by atoms with E-state index in [0.717, 1.165) is 16.5 Å². The summed E-state index contributed by atoms with van der Waals surface area (Å²) in [5, 5.41) is 39.2. The Labute approximate surface area is 207 Å². The number of anilines is 1. The van der Waals surface area contributed by atoms with E-state index >= 15 is 0 Å². The first-order valence-corrected chi connectivity index (χ1v) is 12.9. The van der Waals surface area contributed by atoms with Crippen LogP contribution in [0.15, 0.2) is 41.3 Å². The van der Waals surface area contributed by atoms with Crippen LogP contribution in [0.2, 0.25) is 0 Å². The van der Waals surface area contributed by atoms with Gasteiger partial charge in [-0.2, -0.15) is 18.4 Å². The number of alkyl halides is 3. The molecule has 2 aromatic carbocycles. The molecule has 0 bridgehead atoms. The molecule has 1 aliphatic heterocycles. The molecule has 3 N–H and O–H groups in total. The van der Waals surface area contributed by atoms with Crippen LogP contribution in [0, 0.1) is 11.3 Å². The largest absolute Gasteiger partial charge is 0.460 e. The summed E-state index contributed by atoms with van der Waals surface area (Å²) in [5.74, 6) is -0.579. The molecule has 196 valence electrons. The normalized spacial score (nSPS) is 18.0. The standard InChI is InChI=1S/C24H28F3N3O5S/c1-16(23(14-28)36(34,35)11-6-21(32)22(33)15-31)17-2-3-19-13-20(5-4-18(19)12-17)29-7-9-30(10-8-29)24(25,26)27/h2-5,12-13,21-22,31-33H,6-11,15H2,1H3/b23-16+. The molecule has 8 nitrogen and oxygen atoms in total. The molecule has 2 aromatic rings. The van der Waals surface area contributed by atoms with Gasteiger partial charge in [0.25, 0.3) is 0 Å². The van der Waals surface area contributed by atoms with E-state index in [1.165, 1.54) is 6.92 Å². The highest BCUT2D eigenvalue weighted by Crippen LogP contribution is 2.30. The monoisotopic (exact) mass is 527 g/mol. The van der Waals surface area contributed by atoms with E-state index in [1.807, 2.05) is 11.0 Å². The highest BCUT2D eigenvalue weighted by Gasteiger charge is 2.38. The van der Waals surface area contributed by atoms with Gasteiger partial charge in [-0.25, -0.2) is 13.3 Å². The molecule has 1 fully saturated rings. The van der Waals surface area contributed by atoms with Crippen molar-refractivity contribution in [2.75, 3.05) is 43.4 Å². The lowest BCUT2D eigenvalue weighted by Gasteiger charge is -2.36. The van der Waals surface area contributed by atoms with E-state index in [4.69, 9.17) is 5.11 Å². The van der Waals surface area contributed by atoms with Crippen LogP contribution in [0.4, 0.5) is 18.9 Å². The molecule has 12 heteroatoms. The minimum Gasteiger partial charge on any atom is -0.394 e. The number of sulfone groups is 1. The summed E-state index contributed by atoms with van der Waals surface area (Å²) < 4.78 is 64.1. The van der Waals surface area contributed by atoms with Gasteiger partial charge in [0.05, 0.1) is 18.5 Å². The summed E-state index contributed by atoms with van der Waals surface area (Å²) in [7, 11) is -4.07. The van der Waals surface area contributed by atoms with Crippen molar-refractivity contribution < 1.29 is 36.9 Å². The Bertz CT molecular complexity index is 1270. The zero-order valence-corrected chi connectivity index (χ0v) is 20.4. The van der Waals surface area contributed by atoms with Crippen LogP contribution in [0.25, 0.3) is 16.3 Å². The van der Waals surface area contributed by atoms with Gasteiger partial charge in [-0.3, -0.25) is 0 Å². The Balaban J connectivity index is 1.81. The molecule has 1 saturated heterocycles. The molecule has 1 heterocycles. The van der Waals surface area contributed by atoms with E-state index in [0.29, 0.717) is 10.5 Å². The van der Waals surface area contributed by atoms with Crippen molar-refractivity contribution in [3.8, 4) is 6.07 Å². The molecule has 0 spiro atoms. The topological polar surface area (TPSA) is 125 Å². The fraction of sp³-hybridized carbons (Fsp3) is 0.458. The zero-order chi connectivity index (χ0) is 26.7. The summed E-state index contributed by atoms with van der Waals surface area (Å²) in [6.45, 7) is 1.02. The molecule has 0 radical (unpaired) electrons. The van der Waals surface area contributed by atoms with Crippen molar-refractivity contribution in [2.45, 2.75) is 31.9 Å². The number of piperazine rings is 1. The highest BCUT2D eigenvalue weighted by atomic mass is 32.2. The number of nitrogens with zero attached hydrogens (tertiary/aromatic N) is 3. The van der Waals surface area contributed by atoms with Gasteiger partial charge in [0.15, 0.2) is 9.84 Å². The van der Waals surface area contributed by atoms with Gasteiger partial charge in [-0.1, -0.05) is 18.2 Å². The van der Waals surface area contributed by atoms with Gasteiger partial charge in [-0.15, -0.1) is 0 Å². The SMILES string of the molecule is C/C(=C(/C#N)S(=O)(=O)CCC(O)C(O)CO)c1ccc2cc(N3CCN(C(F)(F)F)CC3)ccc2c1. The number of hydrogen-bond acceptors (Lipinski definition) is 8. The van der Waals surface area contributed by atoms with Gasteiger partial charge in [0.1, 0.15) is 17.1 Å². The van der Waals surface area contributed by atoms with Crippen molar-refractivity contribution in [1.82, 2.24) is 4.90 Å². The van der Waals surface area contributed by atoms with Crippen LogP contribution in [0.3, 0.4) is 0 Å². The number of rotatable bonds is 8. The van der Waals surface area contributed by atoms with Crippen molar-refractivity contribution in [1.29, 1.82) is 5.26 Å². The molecule has 0 aromatic heterocycles. The Morgan fingerprint density at radius 1 is 1.06 bits per heavy atom. The Morgan fingerprint density at radius 2 is 1.67 bits per heavy atom. The summed E-state index contributed by atoms with van der Waals surface area (Å²) in [5.41, 5.74) is 1.52. The van der Waals surface area contributed by atoms with E-state index in [1.54, 1.807) is 36.4 Å². The summed E-state index contributed by atoms with van der Waals surface area (Å²) in [4.78, 5) is 1.91. The lowest BCUT2D eigenvalue weighted by Crippen LogP contribution is -2.51. The molecule has 3 rings (SSSR count). The van der Waals surface area contributed by atoms with Gasteiger partial charge < -0.3 is 20.2 Å². The maximum absolute atomic E-state index is 12.9. The van der Waals surface area contributed by atoms with Crippen LogP contribution in [0.1, 0.15) is 18.9 Å². The minimum absolute atomic E-state index is 0.119. The number of benzene rings is 2. The fourth-order valence-electron chi connectivity index (χ4n) is 4.09. The smallest absolute Gasteiger partial charge is 0.394 e. The average molecular weight is 528 g/mol. The van der Waals surface area contributed by atoms with Crippen LogP contribution in [-0.2, 0) is 9.84 Å². The van der Waals surface area contributed by atoms with E-state index in [9.17, 15) is 37.1 Å². The second-order valence-electron chi connectivity index (χ2n) is 8.68. The minimum atomic E-state index is -4.34. The number of aliphatic hydroxyl groups excluding tert-OH is 3. The lowest BCUT2D eigenvalue weighted by molar-refractivity contribution is -0.246. The van der Waals surface area contributed by atoms with E-state index in [2.05, 4.69) is 0 Å². The summed E-state index contributed by atoms with van der Waals surface area (Å²) in [6, 6.07) is 12.3. The molecule has 2 atom stereocenters. The zero-order valence-electron chi connectivity index (χ0n) is 19.6. The molecule has 2 unspecified atom stereocenters. The number of nitriles is 1. The highest BCUT2D eigenvalue weighted by molar-refractivity contribution is 7.95. The maximum atomic E-state index is 12.9. The third kappa shape index (κ3) is 6.35. The third-order valence-electron chi connectivity index (χ3n) is 6.33. The quantitative estimate of drug-likeness (QED) is 0.353. The average Bonchev–Trinajstić information content (AvgIpc) is 2.85. The van der Waals surface area contributed by atoms with Crippen LogP contribution in [-0.4, -0.2) is 85.7 Å². The summed E-state index contributed by atoms with van der Waals surface area (Å²) in [6.07, 6.45) is -7.61. The lowest BCUT2D eigenvalue weighted by atomic mass is 10.0. The Hall–Kier alpha value is -2.69. The first-order valence-electron chi connectivity index (χ1n) is 11.3. The molecule has 0 aliphatic carbocycles. The van der Waals surface area contributed by atoms with Gasteiger partial charge in [0, 0.05) is 31.9 Å². The van der Waals surface area contributed by atoms with Crippen molar-refractivity contribution >= 4 is 31.9 Å². The van der Waals surface area contributed by atoms with Crippen LogP contribution < -0.4 is 4.90 Å². The van der Waals surface area contributed by atoms with E-state index < -0.39 is 45.6 Å². The van der Waals surface area contributed by atoms with Crippen molar-refractivity contribution in [2.24, 2.45) is 0 Å². The van der Waals surface area contributed by atoms with Crippen LogP contribution in [0.5, 0.6) is 0 Å². The number of allylic oxidation sites excluding steroid dienone is 2. The van der Waals surface area contributed by atoms with Gasteiger partial charge in [-0.05, 0) is 53.5 Å². The Kier molecular flexibility index (Phi) is 8.63. The molecule has 0 amide bonds.